The number of hydrogen-bond donors (Lipinski definition) is 1. The van der Waals surface area contributed by atoms with Crippen molar-refractivity contribution in [2.45, 2.75) is 33.2 Å². The highest BCUT2D eigenvalue weighted by molar-refractivity contribution is 5.91. The van der Waals surface area contributed by atoms with Gasteiger partial charge in [-0.05, 0) is 38.1 Å². The molecule has 0 aliphatic carbocycles. The molecule has 0 saturated carbocycles. The van der Waals surface area contributed by atoms with Gasteiger partial charge in [0, 0.05) is 48.4 Å². The first kappa shape index (κ1) is 20.5. The summed E-state index contributed by atoms with van der Waals surface area (Å²) in [4.78, 5) is 24.7. The van der Waals surface area contributed by atoms with E-state index in [2.05, 4.69) is 10.4 Å². The number of hydrogen-bond acceptors (Lipinski definition) is 4. The van der Waals surface area contributed by atoms with Crippen LogP contribution in [0.3, 0.4) is 0 Å². The molecule has 0 saturated heterocycles. The van der Waals surface area contributed by atoms with E-state index in [-0.39, 0.29) is 35.5 Å². The maximum atomic E-state index is 13.4. The number of nitrogens with zero attached hydrogens (tertiary/aromatic N) is 3. The maximum Gasteiger partial charge on any atom is 0.264 e. The van der Waals surface area contributed by atoms with E-state index in [1.165, 1.54) is 9.25 Å². The third kappa shape index (κ3) is 4.28. The lowest BCUT2D eigenvalue weighted by atomic mass is 10.1. The van der Waals surface area contributed by atoms with Gasteiger partial charge in [0.15, 0.2) is 5.65 Å². The van der Waals surface area contributed by atoms with Crippen LogP contribution in [0.15, 0.2) is 35.1 Å². The van der Waals surface area contributed by atoms with Crippen LogP contribution in [-0.2, 0) is 18.4 Å². The number of fused-ring (bicyclic) bond motifs is 1. The monoisotopic (exact) mass is 404 g/mol. The summed E-state index contributed by atoms with van der Waals surface area (Å²) in [6.07, 6.45) is -2.79. The number of halogens is 2. The molecule has 0 radical (unpaired) electrons. The first-order chi connectivity index (χ1) is 13.8. The Kier molecular flexibility index (Phi) is 5.95. The lowest BCUT2D eigenvalue weighted by molar-refractivity contribution is -0.116. The average molecular weight is 404 g/mol. The topological polar surface area (TPSA) is 78.1 Å². The lowest BCUT2D eigenvalue weighted by Crippen LogP contribution is -2.24. The zero-order valence-corrected chi connectivity index (χ0v) is 16.4. The molecule has 0 aliphatic rings. The van der Waals surface area contributed by atoms with E-state index in [1.54, 1.807) is 38.2 Å². The van der Waals surface area contributed by atoms with Crippen molar-refractivity contribution in [3.05, 3.63) is 51.9 Å². The van der Waals surface area contributed by atoms with Gasteiger partial charge in [-0.25, -0.2) is 8.78 Å². The van der Waals surface area contributed by atoms with E-state index in [4.69, 9.17) is 4.74 Å². The van der Waals surface area contributed by atoms with Gasteiger partial charge < -0.3 is 10.1 Å². The molecule has 0 bridgehead atoms. The van der Waals surface area contributed by atoms with E-state index in [0.29, 0.717) is 23.7 Å². The summed E-state index contributed by atoms with van der Waals surface area (Å²) in [5.74, 6) is 0.392. The number of alkyl halides is 2. The minimum absolute atomic E-state index is 0.00807. The number of carbonyl (C=O) groups is 1. The molecule has 154 valence electrons. The van der Waals surface area contributed by atoms with E-state index in [1.807, 2.05) is 6.92 Å². The fourth-order valence-corrected chi connectivity index (χ4v) is 3.13. The molecule has 2 heterocycles. The van der Waals surface area contributed by atoms with Gasteiger partial charge in [0.25, 0.3) is 12.0 Å². The van der Waals surface area contributed by atoms with Gasteiger partial charge >= 0.3 is 0 Å². The van der Waals surface area contributed by atoms with Crippen LogP contribution < -0.4 is 15.6 Å². The number of benzene rings is 1. The first-order valence-electron chi connectivity index (χ1n) is 9.19. The van der Waals surface area contributed by atoms with Crippen molar-refractivity contribution in [3.8, 4) is 5.75 Å². The van der Waals surface area contributed by atoms with Gasteiger partial charge in [-0.15, -0.1) is 0 Å². The molecule has 7 nitrogen and oxygen atoms in total. The average Bonchev–Trinajstić information content (AvgIpc) is 2.97. The number of carbonyl (C=O) groups excluding carboxylic acids is 1. The highest BCUT2D eigenvalue weighted by Crippen LogP contribution is 2.28. The van der Waals surface area contributed by atoms with Gasteiger partial charge in [-0.1, -0.05) is 0 Å². The Morgan fingerprint density at radius 1 is 1.28 bits per heavy atom. The molecular formula is C20H22F2N4O3. The number of rotatable bonds is 7. The van der Waals surface area contributed by atoms with Crippen molar-refractivity contribution in [2.24, 2.45) is 7.05 Å². The van der Waals surface area contributed by atoms with Crippen LogP contribution in [0.25, 0.3) is 11.0 Å². The fourth-order valence-electron chi connectivity index (χ4n) is 3.13. The summed E-state index contributed by atoms with van der Waals surface area (Å²) in [6.45, 7) is 4.12. The summed E-state index contributed by atoms with van der Waals surface area (Å²) >= 11 is 0. The van der Waals surface area contributed by atoms with Crippen molar-refractivity contribution in [1.29, 1.82) is 0 Å². The van der Waals surface area contributed by atoms with Crippen LogP contribution in [0.4, 0.5) is 14.5 Å². The highest BCUT2D eigenvalue weighted by Gasteiger charge is 2.21. The maximum absolute atomic E-state index is 13.4. The standard InChI is InChI=1S/C20H22F2N4O3/c1-4-29-14-7-5-13(6-8-14)23-16(27)9-10-26-17(28)11-15(19(21)22)18-12(2)25(3)24-20(18)26/h5-8,11,19H,4,9-10H2,1-3H3,(H,23,27). The van der Waals surface area contributed by atoms with Crippen LogP contribution in [0.5, 0.6) is 5.75 Å². The van der Waals surface area contributed by atoms with Crippen LogP contribution in [0.2, 0.25) is 0 Å². The van der Waals surface area contributed by atoms with Crippen molar-refractivity contribution < 1.29 is 18.3 Å². The van der Waals surface area contributed by atoms with Gasteiger partial charge in [0.2, 0.25) is 5.91 Å². The molecule has 3 rings (SSSR count). The number of amides is 1. The van der Waals surface area contributed by atoms with Crippen LogP contribution >= 0.6 is 0 Å². The van der Waals surface area contributed by atoms with Gasteiger partial charge in [0.05, 0.1) is 6.61 Å². The summed E-state index contributed by atoms with van der Waals surface area (Å²) in [7, 11) is 1.62. The molecule has 0 fully saturated rings. The van der Waals surface area contributed by atoms with E-state index >= 15 is 0 Å². The second kappa shape index (κ2) is 8.42. The summed E-state index contributed by atoms with van der Waals surface area (Å²) in [6, 6.07) is 7.84. The van der Waals surface area contributed by atoms with Crippen molar-refractivity contribution >= 4 is 22.6 Å². The third-order valence-electron chi connectivity index (χ3n) is 4.65. The van der Waals surface area contributed by atoms with E-state index < -0.39 is 12.0 Å². The molecule has 0 unspecified atom stereocenters. The predicted molar refractivity (Wildman–Crippen MR) is 106 cm³/mol. The highest BCUT2D eigenvalue weighted by atomic mass is 19.3. The Balaban J connectivity index is 1.79. The molecule has 9 heteroatoms. The molecule has 2 aromatic heterocycles. The lowest BCUT2D eigenvalue weighted by Gasteiger charge is -2.10. The van der Waals surface area contributed by atoms with Crippen LogP contribution in [0.1, 0.15) is 31.0 Å². The van der Waals surface area contributed by atoms with Gasteiger partial charge in [-0.2, -0.15) is 5.10 Å². The fraction of sp³-hybridized carbons (Fsp3) is 0.350. The van der Waals surface area contributed by atoms with Crippen molar-refractivity contribution in [1.82, 2.24) is 14.3 Å². The van der Waals surface area contributed by atoms with Crippen LogP contribution in [-0.4, -0.2) is 26.9 Å². The number of pyridine rings is 1. The minimum atomic E-state index is -2.79. The largest absolute Gasteiger partial charge is 0.494 e. The quantitative estimate of drug-likeness (QED) is 0.655. The second-order valence-corrected chi connectivity index (χ2v) is 6.55. The normalized spacial score (nSPS) is 11.2. The second-order valence-electron chi connectivity index (χ2n) is 6.55. The number of aryl methyl sites for hydroxylation is 3. The Hall–Kier alpha value is -3.23. The molecule has 0 atom stereocenters. The number of anilines is 1. The SMILES string of the molecule is CCOc1ccc(NC(=O)CCn2c(=O)cc(C(F)F)c3c(C)n(C)nc32)cc1. The van der Waals surface area contributed by atoms with E-state index in [0.717, 1.165) is 6.07 Å². The van der Waals surface area contributed by atoms with Crippen LogP contribution in [0, 0.1) is 6.92 Å². The molecule has 1 aromatic carbocycles. The molecule has 0 aliphatic heterocycles. The molecule has 29 heavy (non-hydrogen) atoms. The number of aromatic nitrogens is 3. The third-order valence-corrected chi connectivity index (χ3v) is 4.65. The molecule has 3 aromatic rings. The Bertz CT molecular complexity index is 1090. The Morgan fingerprint density at radius 3 is 2.59 bits per heavy atom. The summed E-state index contributed by atoms with van der Waals surface area (Å²) in [5.41, 5.74) is 0.327. The summed E-state index contributed by atoms with van der Waals surface area (Å²) in [5, 5.41) is 7.19. The molecule has 1 N–H and O–H groups in total. The van der Waals surface area contributed by atoms with Crippen molar-refractivity contribution in [3.63, 3.8) is 0 Å². The first-order valence-corrected chi connectivity index (χ1v) is 9.19. The van der Waals surface area contributed by atoms with Crippen molar-refractivity contribution in [2.75, 3.05) is 11.9 Å². The molecule has 1 amide bonds. The van der Waals surface area contributed by atoms with E-state index in [9.17, 15) is 18.4 Å². The van der Waals surface area contributed by atoms with Gasteiger partial charge in [0.1, 0.15) is 5.75 Å². The predicted octanol–water partition coefficient (Wildman–Crippen LogP) is 3.41. The zero-order chi connectivity index (χ0) is 21.1. The number of nitrogens with one attached hydrogen (secondary N) is 1. The van der Waals surface area contributed by atoms with Gasteiger partial charge in [-0.3, -0.25) is 18.8 Å². The zero-order valence-electron chi connectivity index (χ0n) is 16.4. The summed E-state index contributed by atoms with van der Waals surface area (Å²) < 4.78 is 34.8. The Labute approximate surface area is 165 Å². The minimum Gasteiger partial charge on any atom is -0.494 e. The molecule has 0 spiro atoms. The number of ether oxygens (including phenoxy) is 1. The smallest absolute Gasteiger partial charge is 0.264 e. The molecular weight excluding hydrogens is 382 g/mol. The Morgan fingerprint density at radius 2 is 1.97 bits per heavy atom.